The quantitative estimate of drug-likeness (QED) is 0.542. The molecule has 0 amide bonds. The minimum absolute atomic E-state index is 0.00217. The van der Waals surface area contributed by atoms with Crippen molar-refractivity contribution in [2.24, 2.45) is 0 Å². The van der Waals surface area contributed by atoms with E-state index in [-0.39, 0.29) is 5.88 Å². The third kappa shape index (κ3) is 5.36. The average Bonchev–Trinajstić information content (AvgIpc) is 2.89. The van der Waals surface area contributed by atoms with E-state index in [4.69, 9.17) is 4.74 Å². The maximum absolute atomic E-state index is 11.0. The van der Waals surface area contributed by atoms with E-state index >= 15 is 0 Å². The van der Waals surface area contributed by atoms with E-state index in [0.29, 0.717) is 6.54 Å². The summed E-state index contributed by atoms with van der Waals surface area (Å²) in [5.74, 6) is 0.849. The third-order valence-corrected chi connectivity index (χ3v) is 3.49. The van der Waals surface area contributed by atoms with Crippen LogP contribution in [0, 0.1) is 0 Å². The van der Waals surface area contributed by atoms with Crippen LogP contribution in [0.15, 0.2) is 30.5 Å². The molecular formula is C14H19N3O4S. The summed E-state index contributed by atoms with van der Waals surface area (Å²) < 4.78 is 33.3. The molecule has 0 aliphatic rings. The van der Waals surface area contributed by atoms with Crippen LogP contribution in [0.5, 0.6) is 11.6 Å². The molecule has 1 aromatic carbocycles. The lowest BCUT2D eigenvalue weighted by molar-refractivity contribution is 0.414. The number of hydrogen-bond acceptors (Lipinski definition) is 6. The van der Waals surface area contributed by atoms with Crippen LogP contribution in [0.25, 0.3) is 0 Å². The molecule has 0 saturated heterocycles. The van der Waals surface area contributed by atoms with Crippen molar-refractivity contribution < 1.29 is 17.3 Å². The van der Waals surface area contributed by atoms with Gasteiger partial charge in [0.1, 0.15) is 5.75 Å². The third-order valence-electron chi connectivity index (χ3n) is 3.02. The van der Waals surface area contributed by atoms with Crippen LogP contribution in [-0.2, 0) is 23.1 Å². The normalized spacial score (nSPS) is 11.4. The van der Waals surface area contributed by atoms with Crippen molar-refractivity contribution in [3.8, 4) is 11.6 Å². The summed E-state index contributed by atoms with van der Waals surface area (Å²) in [7, 11) is -1.91. The monoisotopic (exact) mass is 325 g/mol. The first-order valence-corrected chi connectivity index (χ1v) is 8.70. The Morgan fingerprint density at radius 1 is 1.18 bits per heavy atom. The van der Waals surface area contributed by atoms with Crippen LogP contribution < -0.4 is 8.92 Å². The molecule has 2 rings (SSSR count). The van der Waals surface area contributed by atoms with Gasteiger partial charge in [0.2, 0.25) is 0 Å². The number of benzene rings is 1. The minimum atomic E-state index is -3.56. The fourth-order valence-corrected chi connectivity index (χ4v) is 2.36. The Kier molecular flexibility index (Phi) is 5.37. The van der Waals surface area contributed by atoms with Crippen LogP contribution in [0.3, 0.4) is 0 Å². The number of rotatable bonds is 8. The number of aromatic nitrogens is 3. The van der Waals surface area contributed by atoms with Gasteiger partial charge < -0.3 is 8.92 Å². The lowest BCUT2D eigenvalue weighted by Crippen LogP contribution is -2.05. The summed E-state index contributed by atoms with van der Waals surface area (Å²) in [6.45, 7) is 0.663. The maximum atomic E-state index is 11.0. The lowest BCUT2D eigenvalue weighted by Gasteiger charge is -2.03. The summed E-state index contributed by atoms with van der Waals surface area (Å²) >= 11 is 0. The number of nitrogens with zero attached hydrogens (tertiary/aromatic N) is 3. The Bertz CT molecular complexity index is 695. The van der Waals surface area contributed by atoms with Gasteiger partial charge in [-0.15, -0.1) is 0 Å². The molecule has 0 unspecified atom stereocenters. The van der Waals surface area contributed by atoms with E-state index in [1.807, 2.05) is 24.3 Å². The number of methoxy groups -OCH3 is 1. The fraction of sp³-hybridized carbons (Fsp3) is 0.429. The number of hydrogen-bond donors (Lipinski definition) is 0. The summed E-state index contributed by atoms with van der Waals surface area (Å²) in [5, 5.41) is 7.48. The molecule has 0 bridgehead atoms. The smallest absolute Gasteiger partial charge is 0.307 e. The van der Waals surface area contributed by atoms with E-state index in [9.17, 15) is 8.42 Å². The van der Waals surface area contributed by atoms with Gasteiger partial charge in [0.05, 0.1) is 19.6 Å². The van der Waals surface area contributed by atoms with Crippen molar-refractivity contribution >= 4 is 10.1 Å². The Hall–Kier alpha value is -2.09. The van der Waals surface area contributed by atoms with Gasteiger partial charge in [-0.25, -0.2) is 4.68 Å². The molecule has 1 aromatic heterocycles. The van der Waals surface area contributed by atoms with Gasteiger partial charge in [-0.05, 0) is 37.0 Å². The first-order valence-electron chi connectivity index (χ1n) is 6.89. The van der Waals surface area contributed by atoms with Gasteiger partial charge in [0.15, 0.2) is 0 Å². The topological polar surface area (TPSA) is 83.3 Å². The molecule has 8 heteroatoms. The Morgan fingerprint density at radius 2 is 1.91 bits per heavy atom. The molecule has 22 heavy (non-hydrogen) atoms. The average molecular weight is 325 g/mol. The van der Waals surface area contributed by atoms with E-state index in [2.05, 4.69) is 14.5 Å². The van der Waals surface area contributed by atoms with Gasteiger partial charge in [0.25, 0.3) is 5.88 Å². The van der Waals surface area contributed by atoms with Crippen molar-refractivity contribution in [2.75, 3.05) is 13.4 Å². The van der Waals surface area contributed by atoms with Gasteiger partial charge in [-0.3, -0.25) is 0 Å². The van der Waals surface area contributed by atoms with Crippen molar-refractivity contribution in [2.45, 2.75) is 25.8 Å². The highest BCUT2D eigenvalue weighted by molar-refractivity contribution is 7.86. The SMILES string of the molecule is COc1ccc(CCCCn2cc(OS(C)(=O)=O)nn2)cc1. The van der Waals surface area contributed by atoms with Crippen LogP contribution in [0.4, 0.5) is 0 Å². The predicted molar refractivity (Wildman–Crippen MR) is 81.4 cm³/mol. The summed E-state index contributed by atoms with van der Waals surface area (Å²) in [5.41, 5.74) is 1.25. The molecule has 0 aliphatic carbocycles. The Balaban J connectivity index is 1.74. The van der Waals surface area contributed by atoms with E-state index < -0.39 is 10.1 Å². The Morgan fingerprint density at radius 3 is 2.55 bits per heavy atom. The summed E-state index contributed by atoms with van der Waals surface area (Å²) in [6, 6.07) is 7.99. The van der Waals surface area contributed by atoms with Crippen molar-refractivity contribution in [1.29, 1.82) is 0 Å². The summed E-state index contributed by atoms with van der Waals surface area (Å²) in [6.07, 6.45) is 5.32. The minimum Gasteiger partial charge on any atom is -0.497 e. The van der Waals surface area contributed by atoms with Gasteiger partial charge in [0, 0.05) is 6.54 Å². The molecule has 0 aliphatic heterocycles. The standard InChI is InChI=1S/C14H19N3O4S/c1-20-13-8-6-12(7-9-13)5-3-4-10-17-11-14(15-16-17)21-22(2,18)19/h6-9,11H,3-5,10H2,1-2H3. The zero-order valence-electron chi connectivity index (χ0n) is 12.6. The maximum Gasteiger partial charge on any atom is 0.307 e. The van der Waals surface area contributed by atoms with Crippen molar-refractivity contribution in [1.82, 2.24) is 15.0 Å². The fourth-order valence-electron chi connectivity index (χ4n) is 1.98. The molecule has 0 atom stereocenters. The number of unbranched alkanes of at least 4 members (excludes halogenated alkanes) is 1. The van der Waals surface area contributed by atoms with Crippen LogP contribution in [0.1, 0.15) is 18.4 Å². The zero-order valence-corrected chi connectivity index (χ0v) is 13.4. The van der Waals surface area contributed by atoms with Gasteiger partial charge in [-0.2, -0.15) is 8.42 Å². The van der Waals surface area contributed by atoms with Crippen molar-refractivity contribution in [3.63, 3.8) is 0 Å². The van der Waals surface area contributed by atoms with Crippen LogP contribution in [0.2, 0.25) is 0 Å². The molecule has 1 heterocycles. The molecule has 0 fully saturated rings. The molecular weight excluding hydrogens is 306 g/mol. The summed E-state index contributed by atoms with van der Waals surface area (Å²) in [4.78, 5) is 0. The second kappa shape index (κ2) is 7.26. The first kappa shape index (κ1) is 16.3. The highest BCUT2D eigenvalue weighted by atomic mass is 32.2. The molecule has 0 saturated carbocycles. The number of aryl methyl sites for hydroxylation is 2. The molecule has 2 aromatic rings. The van der Waals surface area contributed by atoms with Crippen molar-refractivity contribution in [3.05, 3.63) is 36.0 Å². The van der Waals surface area contributed by atoms with Crippen LogP contribution in [-0.4, -0.2) is 36.8 Å². The molecule has 7 nitrogen and oxygen atoms in total. The van der Waals surface area contributed by atoms with E-state index in [1.165, 1.54) is 11.8 Å². The zero-order chi connectivity index (χ0) is 16.0. The van der Waals surface area contributed by atoms with Gasteiger partial charge in [-0.1, -0.05) is 22.4 Å². The molecule has 0 spiro atoms. The first-order chi connectivity index (χ1) is 10.5. The van der Waals surface area contributed by atoms with E-state index in [1.54, 1.807) is 11.8 Å². The highest BCUT2D eigenvalue weighted by Gasteiger charge is 2.08. The van der Waals surface area contributed by atoms with Gasteiger partial charge >= 0.3 is 10.1 Å². The Labute approximate surface area is 130 Å². The number of ether oxygens (including phenoxy) is 1. The molecule has 0 radical (unpaired) electrons. The second-order valence-electron chi connectivity index (χ2n) is 4.91. The molecule has 0 N–H and O–H groups in total. The largest absolute Gasteiger partial charge is 0.497 e. The molecule has 120 valence electrons. The highest BCUT2D eigenvalue weighted by Crippen LogP contribution is 2.13. The van der Waals surface area contributed by atoms with E-state index in [0.717, 1.165) is 31.3 Å². The second-order valence-corrected chi connectivity index (χ2v) is 6.49. The lowest BCUT2D eigenvalue weighted by atomic mass is 10.1. The van der Waals surface area contributed by atoms with Crippen LogP contribution >= 0.6 is 0 Å². The predicted octanol–water partition coefficient (Wildman–Crippen LogP) is 1.65.